The summed E-state index contributed by atoms with van der Waals surface area (Å²) in [6.07, 6.45) is 1.70. The van der Waals surface area contributed by atoms with Crippen LogP contribution < -0.4 is 11.1 Å². The van der Waals surface area contributed by atoms with Gasteiger partial charge < -0.3 is 11.1 Å². The van der Waals surface area contributed by atoms with Crippen molar-refractivity contribution < 1.29 is 4.79 Å². The standard InChI is InChI=1S/C14H20N2OS/c1-4-5-12(13(15)18)16-14(17)11-7-9(2)6-10(3)8-11/h6-8,12H,4-5H2,1-3H3,(H2,15,18)(H,16,17). The predicted molar refractivity (Wildman–Crippen MR) is 78.9 cm³/mol. The first-order valence-corrected chi connectivity index (χ1v) is 6.53. The molecule has 1 atom stereocenters. The highest BCUT2D eigenvalue weighted by atomic mass is 32.1. The maximum atomic E-state index is 12.1. The number of aryl methyl sites for hydroxylation is 2. The first kappa shape index (κ1) is 14.6. The van der Waals surface area contributed by atoms with Gasteiger partial charge in [0.15, 0.2) is 0 Å². The van der Waals surface area contributed by atoms with Crippen molar-refractivity contribution >= 4 is 23.1 Å². The van der Waals surface area contributed by atoms with E-state index in [1.54, 1.807) is 0 Å². The summed E-state index contributed by atoms with van der Waals surface area (Å²) >= 11 is 4.97. The van der Waals surface area contributed by atoms with E-state index in [1.165, 1.54) is 0 Å². The van der Waals surface area contributed by atoms with E-state index in [-0.39, 0.29) is 11.9 Å². The molecule has 0 saturated heterocycles. The second-order valence-corrected chi connectivity index (χ2v) is 5.06. The van der Waals surface area contributed by atoms with Crippen LogP contribution in [0.2, 0.25) is 0 Å². The van der Waals surface area contributed by atoms with E-state index >= 15 is 0 Å². The Morgan fingerprint density at radius 1 is 1.33 bits per heavy atom. The number of nitrogens with two attached hydrogens (primary N) is 1. The zero-order valence-corrected chi connectivity index (χ0v) is 11.9. The van der Waals surface area contributed by atoms with E-state index in [0.717, 1.165) is 24.0 Å². The van der Waals surface area contributed by atoms with E-state index < -0.39 is 0 Å². The van der Waals surface area contributed by atoms with Gasteiger partial charge in [-0.2, -0.15) is 0 Å². The van der Waals surface area contributed by atoms with E-state index in [9.17, 15) is 4.79 Å². The summed E-state index contributed by atoms with van der Waals surface area (Å²) in [5.41, 5.74) is 8.43. The molecule has 1 aromatic rings. The molecule has 3 N–H and O–H groups in total. The van der Waals surface area contributed by atoms with Crippen LogP contribution in [-0.4, -0.2) is 16.9 Å². The fourth-order valence-corrected chi connectivity index (χ4v) is 2.10. The average Bonchev–Trinajstić information content (AvgIpc) is 2.26. The quantitative estimate of drug-likeness (QED) is 0.803. The SMILES string of the molecule is CCCC(NC(=O)c1cc(C)cc(C)c1)C(N)=S. The summed E-state index contributed by atoms with van der Waals surface area (Å²) in [7, 11) is 0. The van der Waals surface area contributed by atoms with Crippen LogP contribution in [0.15, 0.2) is 18.2 Å². The van der Waals surface area contributed by atoms with Gasteiger partial charge in [-0.25, -0.2) is 0 Å². The van der Waals surface area contributed by atoms with Gasteiger partial charge >= 0.3 is 0 Å². The fraction of sp³-hybridized carbons (Fsp3) is 0.429. The molecule has 18 heavy (non-hydrogen) atoms. The Hall–Kier alpha value is -1.42. The van der Waals surface area contributed by atoms with Gasteiger partial charge in [-0.3, -0.25) is 4.79 Å². The molecule has 0 radical (unpaired) electrons. The maximum absolute atomic E-state index is 12.1. The molecule has 3 nitrogen and oxygen atoms in total. The monoisotopic (exact) mass is 264 g/mol. The third-order valence-electron chi connectivity index (χ3n) is 2.71. The summed E-state index contributed by atoms with van der Waals surface area (Å²) in [5, 5.41) is 2.88. The first-order valence-electron chi connectivity index (χ1n) is 6.12. The lowest BCUT2D eigenvalue weighted by Gasteiger charge is -2.17. The van der Waals surface area contributed by atoms with Crippen molar-refractivity contribution in [2.24, 2.45) is 5.73 Å². The molecule has 1 amide bonds. The number of hydrogen-bond donors (Lipinski definition) is 2. The highest BCUT2D eigenvalue weighted by molar-refractivity contribution is 7.80. The summed E-state index contributed by atoms with van der Waals surface area (Å²) in [6, 6.07) is 5.54. The Labute approximate surface area is 114 Å². The average molecular weight is 264 g/mol. The Morgan fingerprint density at radius 3 is 2.33 bits per heavy atom. The summed E-state index contributed by atoms with van der Waals surface area (Å²) in [5.74, 6) is -0.118. The molecule has 0 spiro atoms. The minimum absolute atomic E-state index is 0.118. The van der Waals surface area contributed by atoms with Gasteiger partial charge in [0.25, 0.3) is 5.91 Å². The molecule has 1 rings (SSSR count). The molecule has 1 aromatic carbocycles. The van der Waals surface area contributed by atoms with Gasteiger partial charge in [-0.15, -0.1) is 0 Å². The maximum Gasteiger partial charge on any atom is 0.251 e. The second kappa shape index (κ2) is 6.50. The molecule has 0 fully saturated rings. The van der Waals surface area contributed by atoms with Crippen LogP contribution in [0.3, 0.4) is 0 Å². The number of rotatable bonds is 5. The zero-order valence-electron chi connectivity index (χ0n) is 11.1. The van der Waals surface area contributed by atoms with Crippen molar-refractivity contribution in [3.63, 3.8) is 0 Å². The molecule has 0 bridgehead atoms. The molecule has 0 saturated carbocycles. The van der Waals surface area contributed by atoms with Crippen molar-refractivity contribution in [1.29, 1.82) is 0 Å². The Balaban J connectivity index is 2.83. The van der Waals surface area contributed by atoms with E-state index in [1.807, 2.05) is 39.0 Å². The van der Waals surface area contributed by atoms with Crippen molar-refractivity contribution in [2.45, 2.75) is 39.7 Å². The van der Waals surface area contributed by atoms with E-state index in [4.69, 9.17) is 18.0 Å². The van der Waals surface area contributed by atoms with Crippen LogP contribution >= 0.6 is 12.2 Å². The molecule has 98 valence electrons. The highest BCUT2D eigenvalue weighted by Gasteiger charge is 2.15. The lowest BCUT2D eigenvalue weighted by Crippen LogP contribution is -2.43. The molecule has 0 aliphatic rings. The zero-order chi connectivity index (χ0) is 13.7. The number of benzene rings is 1. The summed E-state index contributed by atoms with van der Waals surface area (Å²) in [4.78, 5) is 12.5. The molecule has 0 aromatic heterocycles. The largest absolute Gasteiger partial charge is 0.392 e. The lowest BCUT2D eigenvalue weighted by atomic mass is 10.1. The van der Waals surface area contributed by atoms with E-state index in [2.05, 4.69) is 5.32 Å². The molecular formula is C14H20N2OS. The number of carbonyl (C=O) groups excluding carboxylic acids is 1. The summed E-state index contributed by atoms with van der Waals surface area (Å²) in [6.45, 7) is 5.98. The number of nitrogens with one attached hydrogen (secondary N) is 1. The van der Waals surface area contributed by atoms with Crippen LogP contribution in [-0.2, 0) is 0 Å². The minimum atomic E-state index is -0.224. The lowest BCUT2D eigenvalue weighted by molar-refractivity contribution is 0.0945. The normalized spacial score (nSPS) is 11.9. The Kier molecular flexibility index (Phi) is 5.28. The molecule has 0 heterocycles. The van der Waals surface area contributed by atoms with Crippen LogP contribution in [0.5, 0.6) is 0 Å². The predicted octanol–water partition coefficient (Wildman–Crippen LogP) is 2.49. The van der Waals surface area contributed by atoms with Crippen molar-refractivity contribution in [2.75, 3.05) is 0 Å². The van der Waals surface area contributed by atoms with Crippen molar-refractivity contribution in [1.82, 2.24) is 5.32 Å². The number of amides is 1. The van der Waals surface area contributed by atoms with Gasteiger partial charge in [0.1, 0.15) is 0 Å². The Morgan fingerprint density at radius 2 is 1.89 bits per heavy atom. The van der Waals surface area contributed by atoms with Gasteiger partial charge in [-0.05, 0) is 32.4 Å². The number of hydrogen-bond acceptors (Lipinski definition) is 2. The third kappa shape index (κ3) is 4.11. The number of thiocarbonyl (C=S) groups is 1. The minimum Gasteiger partial charge on any atom is -0.392 e. The van der Waals surface area contributed by atoms with Gasteiger partial charge in [0.05, 0.1) is 11.0 Å². The van der Waals surface area contributed by atoms with Crippen LogP contribution in [0.25, 0.3) is 0 Å². The van der Waals surface area contributed by atoms with Crippen molar-refractivity contribution in [3.8, 4) is 0 Å². The first-order chi connectivity index (χ1) is 8.43. The van der Waals surface area contributed by atoms with Crippen LogP contribution in [0.4, 0.5) is 0 Å². The second-order valence-electron chi connectivity index (χ2n) is 4.59. The molecule has 0 aliphatic carbocycles. The molecular weight excluding hydrogens is 244 g/mol. The van der Waals surface area contributed by atoms with Gasteiger partial charge in [-0.1, -0.05) is 42.8 Å². The van der Waals surface area contributed by atoms with Gasteiger partial charge in [0, 0.05) is 5.56 Å². The van der Waals surface area contributed by atoms with Crippen molar-refractivity contribution in [3.05, 3.63) is 34.9 Å². The summed E-state index contributed by atoms with van der Waals surface area (Å²) < 4.78 is 0. The number of carbonyl (C=O) groups is 1. The molecule has 4 heteroatoms. The fourth-order valence-electron chi connectivity index (χ4n) is 1.92. The van der Waals surface area contributed by atoms with Crippen LogP contribution in [0, 0.1) is 13.8 Å². The van der Waals surface area contributed by atoms with E-state index in [0.29, 0.717) is 10.6 Å². The smallest absolute Gasteiger partial charge is 0.251 e. The topological polar surface area (TPSA) is 55.1 Å². The highest BCUT2D eigenvalue weighted by Crippen LogP contribution is 2.09. The molecule has 0 aliphatic heterocycles. The third-order valence-corrected chi connectivity index (χ3v) is 2.99. The molecule has 1 unspecified atom stereocenters. The Bertz CT molecular complexity index is 437. The van der Waals surface area contributed by atoms with Crippen LogP contribution in [0.1, 0.15) is 41.3 Å². The van der Waals surface area contributed by atoms with Gasteiger partial charge in [0.2, 0.25) is 0 Å².